The van der Waals surface area contributed by atoms with Crippen LogP contribution < -0.4 is 0 Å². The molecule has 2 saturated carbocycles. The fourth-order valence-electron chi connectivity index (χ4n) is 5.85. The van der Waals surface area contributed by atoms with Gasteiger partial charge in [0.25, 0.3) is 0 Å². The molecule has 6 unspecified atom stereocenters. The topological polar surface area (TPSA) is 80.4 Å². The number of rotatable bonds is 18. The van der Waals surface area contributed by atoms with Gasteiger partial charge in [0.1, 0.15) is 0 Å². The predicted molar refractivity (Wildman–Crippen MR) is 148 cm³/mol. The van der Waals surface area contributed by atoms with Crippen molar-refractivity contribution in [1.29, 1.82) is 0 Å². The summed E-state index contributed by atoms with van der Waals surface area (Å²) in [6, 6.07) is 0.949. The van der Waals surface area contributed by atoms with E-state index in [0.717, 1.165) is 37.3 Å². The number of epoxide rings is 2. The summed E-state index contributed by atoms with van der Waals surface area (Å²) in [6.07, 6.45) is 13.5. The van der Waals surface area contributed by atoms with Crippen LogP contribution in [-0.4, -0.2) is 82.4 Å². The standard InChI is InChI=1S/C14H28O4Si.C13H26O4Si/c1-4-15-19(16-5-2,17-6-3)10-9-12-7-8-13-14(11-12)18-13;1-3-14-18(15-4-2)16-9-5-6-11-7-8-12-13(10-11)17-12/h12-14H,4-11H2,1-3H3;11-13,18H,3-10H2,1-2H3. The third-order valence-corrected chi connectivity index (χ3v) is 12.6. The smallest absolute Gasteiger partial charge is 0.376 e. The van der Waals surface area contributed by atoms with Crippen molar-refractivity contribution >= 4 is 18.3 Å². The van der Waals surface area contributed by atoms with Crippen LogP contribution in [0.3, 0.4) is 0 Å². The molecule has 8 nitrogen and oxygen atoms in total. The van der Waals surface area contributed by atoms with Crippen molar-refractivity contribution in [2.24, 2.45) is 11.8 Å². The van der Waals surface area contributed by atoms with E-state index in [1.807, 2.05) is 34.6 Å². The summed E-state index contributed by atoms with van der Waals surface area (Å²) in [5, 5.41) is 0. The molecule has 6 atom stereocenters. The summed E-state index contributed by atoms with van der Waals surface area (Å²) < 4.78 is 45.5. The minimum Gasteiger partial charge on any atom is -0.376 e. The van der Waals surface area contributed by atoms with E-state index in [-0.39, 0.29) is 0 Å². The normalized spacial score (nSPS) is 30.3. The van der Waals surface area contributed by atoms with E-state index in [2.05, 4.69) is 0 Å². The van der Waals surface area contributed by atoms with E-state index in [4.69, 9.17) is 36.0 Å². The molecule has 0 aromatic carbocycles. The summed E-state index contributed by atoms with van der Waals surface area (Å²) in [5.41, 5.74) is 0. The van der Waals surface area contributed by atoms with Crippen LogP contribution in [0.5, 0.6) is 0 Å². The average Bonchev–Trinajstić information content (AvgIpc) is 3.81. The average molecular weight is 563 g/mol. The van der Waals surface area contributed by atoms with Gasteiger partial charge in [-0.2, -0.15) is 0 Å². The summed E-state index contributed by atoms with van der Waals surface area (Å²) in [5.74, 6) is 1.61. The second-order valence-electron chi connectivity index (χ2n) is 10.5. The predicted octanol–water partition coefficient (Wildman–Crippen LogP) is 5.13. The third-order valence-electron chi connectivity index (χ3n) is 7.79. The maximum absolute atomic E-state index is 5.90. The van der Waals surface area contributed by atoms with Crippen LogP contribution in [0.25, 0.3) is 0 Å². The largest absolute Gasteiger partial charge is 0.500 e. The highest BCUT2D eigenvalue weighted by Crippen LogP contribution is 2.42. The Kier molecular flexibility index (Phi) is 14.6. The number of hydrogen-bond acceptors (Lipinski definition) is 8. The van der Waals surface area contributed by atoms with Crippen molar-refractivity contribution in [1.82, 2.24) is 0 Å². The lowest BCUT2D eigenvalue weighted by atomic mass is 9.86. The molecule has 4 rings (SSSR count). The molecule has 218 valence electrons. The third kappa shape index (κ3) is 11.3. The molecule has 2 aliphatic carbocycles. The Morgan fingerprint density at radius 1 is 0.622 bits per heavy atom. The fraction of sp³-hybridized carbons (Fsp3) is 1.00. The molecule has 0 aromatic rings. The Bertz CT molecular complexity index is 588. The second kappa shape index (κ2) is 17.0. The Morgan fingerprint density at radius 2 is 1.14 bits per heavy atom. The van der Waals surface area contributed by atoms with Gasteiger partial charge >= 0.3 is 18.3 Å². The highest BCUT2D eigenvalue weighted by molar-refractivity contribution is 6.60. The summed E-state index contributed by atoms with van der Waals surface area (Å²) >= 11 is 0. The van der Waals surface area contributed by atoms with Gasteiger partial charge in [0.2, 0.25) is 0 Å². The van der Waals surface area contributed by atoms with Crippen LogP contribution in [0.15, 0.2) is 0 Å². The Balaban J connectivity index is 0.000000206. The summed E-state index contributed by atoms with van der Waals surface area (Å²) in [4.78, 5) is 0. The maximum Gasteiger partial charge on any atom is 0.500 e. The highest BCUT2D eigenvalue weighted by Gasteiger charge is 2.46. The molecule has 0 aromatic heterocycles. The van der Waals surface area contributed by atoms with Crippen molar-refractivity contribution in [3.05, 3.63) is 0 Å². The van der Waals surface area contributed by atoms with E-state index in [1.165, 1.54) is 44.9 Å². The van der Waals surface area contributed by atoms with Crippen LogP contribution in [0.1, 0.15) is 92.4 Å². The molecule has 0 N–H and O–H groups in total. The lowest BCUT2D eigenvalue weighted by molar-refractivity contribution is 0.0691. The van der Waals surface area contributed by atoms with Gasteiger partial charge in [-0.05, 0) is 104 Å². The van der Waals surface area contributed by atoms with Gasteiger partial charge in [0, 0.05) is 45.7 Å². The van der Waals surface area contributed by atoms with Gasteiger partial charge in [0.15, 0.2) is 0 Å². The summed E-state index contributed by atoms with van der Waals surface area (Å²) in [6.45, 7) is 14.2. The zero-order chi connectivity index (χ0) is 26.5. The van der Waals surface area contributed by atoms with Gasteiger partial charge in [0.05, 0.1) is 24.4 Å². The molecule has 0 radical (unpaired) electrons. The molecule has 0 amide bonds. The first-order valence-corrected chi connectivity index (χ1v) is 18.5. The van der Waals surface area contributed by atoms with Crippen LogP contribution in [0.2, 0.25) is 6.04 Å². The number of hydrogen-bond donors (Lipinski definition) is 0. The van der Waals surface area contributed by atoms with E-state index in [1.54, 1.807) is 0 Å². The lowest BCUT2D eigenvalue weighted by Gasteiger charge is -2.30. The second-order valence-corrected chi connectivity index (χ2v) is 14.8. The Hall–Kier alpha value is 0.114. The first kappa shape index (κ1) is 31.6. The van der Waals surface area contributed by atoms with Crippen LogP contribution in [-0.2, 0) is 36.0 Å². The molecular formula is C27H54O8Si2. The SMILES string of the molecule is CCO[SiH](OCC)OCCCC1CCC2OC2C1.CCO[Si](CCC1CCC2OC2C1)(OCC)OCC. The fourth-order valence-corrected chi connectivity index (χ4v) is 9.80. The van der Waals surface area contributed by atoms with Crippen molar-refractivity contribution in [3.63, 3.8) is 0 Å². The van der Waals surface area contributed by atoms with Gasteiger partial charge < -0.3 is 36.0 Å². The zero-order valence-corrected chi connectivity index (χ0v) is 26.3. The van der Waals surface area contributed by atoms with E-state index in [9.17, 15) is 0 Å². The quantitative estimate of drug-likeness (QED) is 0.129. The molecule has 37 heavy (non-hydrogen) atoms. The monoisotopic (exact) mass is 562 g/mol. The van der Waals surface area contributed by atoms with Gasteiger partial charge in [-0.25, -0.2) is 0 Å². The molecule has 4 fully saturated rings. The molecule has 2 heterocycles. The Morgan fingerprint density at radius 3 is 1.59 bits per heavy atom. The van der Waals surface area contributed by atoms with Crippen LogP contribution in [0.4, 0.5) is 0 Å². The van der Waals surface area contributed by atoms with Crippen LogP contribution in [0, 0.1) is 11.8 Å². The minimum absolute atomic E-state index is 0.557. The number of fused-ring (bicyclic) bond motifs is 2. The van der Waals surface area contributed by atoms with Crippen molar-refractivity contribution in [2.75, 3.05) is 39.6 Å². The van der Waals surface area contributed by atoms with E-state index < -0.39 is 18.3 Å². The number of ether oxygens (including phenoxy) is 2. The van der Waals surface area contributed by atoms with Gasteiger partial charge in [-0.3, -0.25) is 0 Å². The minimum atomic E-state index is -2.43. The first-order valence-electron chi connectivity index (χ1n) is 15.1. The van der Waals surface area contributed by atoms with Crippen molar-refractivity contribution in [3.8, 4) is 0 Å². The maximum atomic E-state index is 5.90. The molecule has 4 aliphatic rings. The molecular weight excluding hydrogens is 508 g/mol. The van der Waals surface area contributed by atoms with Crippen molar-refractivity contribution < 1.29 is 36.0 Å². The molecule has 0 spiro atoms. The molecule has 10 heteroatoms. The molecule has 0 bridgehead atoms. The van der Waals surface area contributed by atoms with Crippen LogP contribution >= 0.6 is 0 Å². The first-order chi connectivity index (χ1) is 18.1. The zero-order valence-electron chi connectivity index (χ0n) is 24.1. The van der Waals surface area contributed by atoms with Crippen molar-refractivity contribution in [2.45, 2.75) is 123 Å². The van der Waals surface area contributed by atoms with E-state index in [0.29, 0.717) is 57.5 Å². The van der Waals surface area contributed by atoms with Gasteiger partial charge in [-0.15, -0.1) is 0 Å². The summed E-state index contributed by atoms with van der Waals surface area (Å²) in [7, 11) is -4.27. The lowest BCUT2D eigenvalue weighted by Crippen LogP contribution is -2.46. The molecule has 2 saturated heterocycles. The van der Waals surface area contributed by atoms with E-state index >= 15 is 0 Å². The Labute approximate surface area is 228 Å². The highest BCUT2D eigenvalue weighted by atomic mass is 28.4. The van der Waals surface area contributed by atoms with Gasteiger partial charge in [-0.1, -0.05) is 0 Å². The molecule has 2 aliphatic heterocycles.